The predicted octanol–water partition coefficient (Wildman–Crippen LogP) is 13.0. The molecule has 3 aromatic heterocycles. The second kappa shape index (κ2) is 13.2. The van der Waals surface area contributed by atoms with Gasteiger partial charge in [0, 0.05) is 44.2 Å². The maximum absolute atomic E-state index is 6.89. The van der Waals surface area contributed by atoms with E-state index in [1.165, 1.54) is 27.5 Å². The van der Waals surface area contributed by atoms with E-state index in [-0.39, 0.29) is 5.92 Å². The molecule has 1 aliphatic carbocycles. The zero-order chi connectivity index (χ0) is 37.0. The summed E-state index contributed by atoms with van der Waals surface area (Å²) in [6, 6.07) is 59.3. The molecule has 264 valence electrons. The normalized spacial score (nSPS) is 14.2. The standard InChI is InChI=1S/C51H34N4O/c1-4-15-33(16-5-1)36-21-12-22-38(31-36)50-52-49(35-19-8-3-9-20-35)53-51(54-50)42-25-14-28-46-47(42)41-24-13-27-44(48(41)56-46)55-43-26-11-10-23-39(43)40-30-29-37(32-45(40)55)34-17-6-2-7-18-34/h1-20,22-32,36H,21H2. The Labute approximate surface area is 323 Å². The number of furan rings is 1. The average Bonchev–Trinajstić information content (AvgIpc) is 3.83. The SMILES string of the molecule is C1=CC(c2nc(-c3ccccc3)nc(-c3cccc4oc5c(-n6c7ccccc7c7ccc(-c8ccccc8)cc76)cccc5c34)n2)=CC(c2ccccc2)C1. The zero-order valence-electron chi connectivity index (χ0n) is 30.4. The minimum absolute atomic E-state index is 0.237. The fraction of sp³-hybridized carbons (Fsp3) is 0.0392. The van der Waals surface area contributed by atoms with Crippen LogP contribution >= 0.6 is 0 Å². The van der Waals surface area contributed by atoms with Crippen LogP contribution in [0, 0.1) is 0 Å². The van der Waals surface area contributed by atoms with Gasteiger partial charge >= 0.3 is 0 Å². The molecule has 1 atom stereocenters. The first-order valence-electron chi connectivity index (χ1n) is 19.1. The molecule has 0 radical (unpaired) electrons. The first-order valence-corrected chi connectivity index (χ1v) is 19.1. The number of hydrogen-bond acceptors (Lipinski definition) is 4. The van der Waals surface area contributed by atoms with Crippen molar-refractivity contribution in [2.45, 2.75) is 12.3 Å². The van der Waals surface area contributed by atoms with Gasteiger partial charge in [-0.05, 0) is 47.4 Å². The van der Waals surface area contributed by atoms with Crippen molar-refractivity contribution in [2.24, 2.45) is 0 Å². The van der Waals surface area contributed by atoms with Crippen LogP contribution in [0.15, 0.2) is 193 Å². The van der Waals surface area contributed by atoms with E-state index in [1.54, 1.807) is 0 Å². The smallest absolute Gasteiger partial charge is 0.164 e. The molecule has 0 saturated carbocycles. The Hall–Kier alpha value is -7.37. The summed E-state index contributed by atoms with van der Waals surface area (Å²) in [5.41, 5.74) is 11.2. The van der Waals surface area contributed by atoms with Crippen molar-refractivity contribution >= 4 is 49.3 Å². The fourth-order valence-electron chi connectivity index (χ4n) is 8.34. The molecule has 0 amide bonds. The van der Waals surface area contributed by atoms with Gasteiger partial charge in [0.2, 0.25) is 0 Å². The Morgan fingerprint density at radius 1 is 0.518 bits per heavy atom. The average molecular weight is 719 g/mol. The lowest BCUT2D eigenvalue weighted by molar-refractivity contribution is 0.666. The fourth-order valence-corrected chi connectivity index (χ4v) is 8.34. The number of para-hydroxylation sites is 2. The molecule has 56 heavy (non-hydrogen) atoms. The Kier molecular flexibility index (Phi) is 7.56. The molecule has 10 aromatic rings. The Morgan fingerprint density at radius 3 is 2.04 bits per heavy atom. The maximum Gasteiger partial charge on any atom is 0.164 e. The number of allylic oxidation sites excluding steroid dienone is 4. The first-order chi connectivity index (χ1) is 27.8. The van der Waals surface area contributed by atoms with Gasteiger partial charge in [-0.3, -0.25) is 0 Å². The number of nitrogens with zero attached hydrogens (tertiary/aromatic N) is 4. The molecule has 0 saturated heterocycles. The first kappa shape index (κ1) is 32.1. The van der Waals surface area contributed by atoms with Crippen LogP contribution < -0.4 is 0 Å². The van der Waals surface area contributed by atoms with Crippen molar-refractivity contribution in [2.75, 3.05) is 0 Å². The highest BCUT2D eigenvalue weighted by Gasteiger charge is 2.23. The highest BCUT2D eigenvalue weighted by Crippen LogP contribution is 2.42. The number of aromatic nitrogens is 4. The molecular weight excluding hydrogens is 685 g/mol. The van der Waals surface area contributed by atoms with E-state index in [0.29, 0.717) is 17.5 Å². The molecule has 11 rings (SSSR count). The summed E-state index contributed by atoms with van der Waals surface area (Å²) < 4.78 is 9.24. The van der Waals surface area contributed by atoms with Gasteiger partial charge in [-0.25, -0.2) is 15.0 Å². The molecule has 0 aliphatic heterocycles. The Morgan fingerprint density at radius 2 is 1.20 bits per heavy atom. The summed E-state index contributed by atoms with van der Waals surface area (Å²) in [6.45, 7) is 0. The second-order valence-corrected chi connectivity index (χ2v) is 14.3. The van der Waals surface area contributed by atoms with Crippen molar-refractivity contribution in [3.8, 4) is 39.6 Å². The number of fused-ring (bicyclic) bond motifs is 6. The highest BCUT2D eigenvalue weighted by atomic mass is 16.3. The van der Waals surface area contributed by atoms with Crippen LogP contribution in [0.4, 0.5) is 0 Å². The van der Waals surface area contributed by atoms with Gasteiger partial charge in [0.05, 0.1) is 16.7 Å². The minimum atomic E-state index is 0.237. The molecule has 0 bridgehead atoms. The zero-order valence-corrected chi connectivity index (χ0v) is 30.4. The largest absolute Gasteiger partial charge is 0.454 e. The van der Waals surface area contributed by atoms with Crippen LogP contribution in [-0.2, 0) is 0 Å². The maximum atomic E-state index is 6.89. The molecular formula is C51H34N4O. The van der Waals surface area contributed by atoms with Crippen molar-refractivity contribution in [1.82, 2.24) is 19.5 Å². The third-order valence-electron chi connectivity index (χ3n) is 11.0. The summed E-state index contributed by atoms with van der Waals surface area (Å²) in [5.74, 6) is 2.12. The van der Waals surface area contributed by atoms with Crippen molar-refractivity contribution < 1.29 is 4.42 Å². The van der Waals surface area contributed by atoms with Crippen LogP contribution in [0.1, 0.15) is 23.7 Å². The van der Waals surface area contributed by atoms with Crippen LogP contribution in [-0.4, -0.2) is 19.5 Å². The highest BCUT2D eigenvalue weighted by molar-refractivity contribution is 6.16. The molecule has 5 nitrogen and oxygen atoms in total. The number of benzene rings is 7. The summed E-state index contributed by atoms with van der Waals surface area (Å²) in [5, 5.41) is 4.37. The summed E-state index contributed by atoms with van der Waals surface area (Å²) in [4.78, 5) is 15.5. The Bertz CT molecular complexity index is 3160. The molecule has 0 fully saturated rings. The van der Waals surface area contributed by atoms with E-state index in [4.69, 9.17) is 19.4 Å². The van der Waals surface area contributed by atoms with Gasteiger partial charge < -0.3 is 8.98 Å². The van der Waals surface area contributed by atoms with Crippen LogP contribution in [0.2, 0.25) is 0 Å². The third kappa shape index (κ3) is 5.36. The van der Waals surface area contributed by atoms with Crippen molar-refractivity contribution in [3.63, 3.8) is 0 Å². The van der Waals surface area contributed by atoms with Gasteiger partial charge in [0.25, 0.3) is 0 Å². The quantitative estimate of drug-likeness (QED) is 0.172. The molecule has 0 spiro atoms. The molecule has 0 N–H and O–H groups in total. The molecule has 1 aliphatic rings. The predicted molar refractivity (Wildman–Crippen MR) is 229 cm³/mol. The van der Waals surface area contributed by atoms with E-state index < -0.39 is 0 Å². The molecule has 7 aromatic carbocycles. The lowest BCUT2D eigenvalue weighted by atomic mass is 9.89. The molecule has 3 heterocycles. The van der Waals surface area contributed by atoms with Crippen molar-refractivity contribution in [3.05, 3.63) is 199 Å². The second-order valence-electron chi connectivity index (χ2n) is 14.3. The van der Waals surface area contributed by atoms with Gasteiger partial charge in [0.1, 0.15) is 5.58 Å². The monoisotopic (exact) mass is 718 g/mol. The van der Waals surface area contributed by atoms with E-state index in [2.05, 4.69) is 162 Å². The summed E-state index contributed by atoms with van der Waals surface area (Å²) in [7, 11) is 0. The minimum Gasteiger partial charge on any atom is -0.454 e. The van der Waals surface area contributed by atoms with Crippen LogP contribution in [0.5, 0.6) is 0 Å². The van der Waals surface area contributed by atoms with Crippen LogP contribution in [0.3, 0.4) is 0 Å². The van der Waals surface area contributed by atoms with E-state index in [1.807, 2.05) is 30.3 Å². The van der Waals surface area contributed by atoms with Gasteiger partial charge in [-0.15, -0.1) is 0 Å². The summed E-state index contributed by atoms with van der Waals surface area (Å²) in [6.07, 6.45) is 7.59. The molecule has 1 unspecified atom stereocenters. The Balaban J connectivity index is 1.12. The summed E-state index contributed by atoms with van der Waals surface area (Å²) >= 11 is 0. The van der Waals surface area contributed by atoms with E-state index >= 15 is 0 Å². The van der Waals surface area contributed by atoms with E-state index in [9.17, 15) is 0 Å². The molecule has 5 heteroatoms. The van der Waals surface area contributed by atoms with Crippen LogP contribution in [0.25, 0.3) is 88.9 Å². The topological polar surface area (TPSA) is 56.7 Å². The lowest BCUT2D eigenvalue weighted by Gasteiger charge is -2.17. The number of hydrogen-bond donors (Lipinski definition) is 0. The van der Waals surface area contributed by atoms with Gasteiger partial charge in [-0.1, -0.05) is 164 Å². The van der Waals surface area contributed by atoms with E-state index in [0.717, 1.165) is 61.8 Å². The van der Waals surface area contributed by atoms with Gasteiger partial charge in [-0.2, -0.15) is 0 Å². The number of rotatable bonds is 6. The van der Waals surface area contributed by atoms with Crippen molar-refractivity contribution in [1.29, 1.82) is 0 Å². The lowest BCUT2D eigenvalue weighted by Crippen LogP contribution is -2.05. The third-order valence-corrected chi connectivity index (χ3v) is 11.0. The van der Waals surface area contributed by atoms with Gasteiger partial charge in [0.15, 0.2) is 23.1 Å².